The van der Waals surface area contributed by atoms with Gasteiger partial charge in [-0.3, -0.25) is 4.79 Å². The topological polar surface area (TPSA) is 58.6 Å². The van der Waals surface area contributed by atoms with E-state index in [0.717, 1.165) is 31.6 Å². The SMILES string of the molecule is CC(C(=O)NC(CO)c1ccc(Cl)cc1)C1CCOCC1. The monoisotopic (exact) mass is 311 g/mol. The highest BCUT2D eigenvalue weighted by atomic mass is 35.5. The summed E-state index contributed by atoms with van der Waals surface area (Å²) in [4.78, 5) is 12.4. The highest BCUT2D eigenvalue weighted by molar-refractivity contribution is 6.30. The maximum Gasteiger partial charge on any atom is 0.223 e. The van der Waals surface area contributed by atoms with Gasteiger partial charge in [-0.15, -0.1) is 0 Å². The standard InChI is InChI=1S/C16H22ClNO3/c1-11(12-6-8-21-9-7-12)16(20)18-15(10-19)13-2-4-14(17)5-3-13/h2-5,11-12,15,19H,6-10H2,1H3,(H,18,20). The van der Waals surface area contributed by atoms with Crippen LogP contribution in [-0.2, 0) is 9.53 Å². The summed E-state index contributed by atoms with van der Waals surface area (Å²) in [5.74, 6) is 0.259. The third-order valence-electron chi connectivity index (χ3n) is 4.16. The molecule has 1 aliphatic heterocycles. The molecule has 0 saturated carbocycles. The Hall–Kier alpha value is -1.10. The average Bonchev–Trinajstić information content (AvgIpc) is 2.53. The van der Waals surface area contributed by atoms with Crippen LogP contribution in [0, 0.1) is 11.8 Å². The molecule has 1 aliphatic rings. The highest BCUT2D eigenvalue weighted by Crippen LogP contribution is 2.25. The Morgan fingerprint density at radius 3 is 2.57 bits per heavy atom. The van der Waals surface area contributed by atoms with Crippen LogP contribution < -0.4 is 5.32 Å². The molecule has 1 aromatic carbocycles. The second-order valence-corrected chi connectivity index (χ2v) is 5.97. The zero-order valence-electron chi connectivity index (χ0n) is 12.2. The van der Waals surface area contributed by atoms with Gasteiger partial charge in [-0.25, -0.2) is 0 Å². The van der Waals surface area contributed by atoms with Crippen molar-refractivity contribution < 1.29 is 14.6 Å². The van der Waals surface area contributed by atoms with Gasteiger partial charge in [0.05, 0.1) is 12.6 Å². The van der Waals surface area contributed by atoms with E-state index in [-0.39, 0.29) is 18.4 Å². The molecule has 2 atom stereocenters. The number of amides is 1. The van der Waals surface area contributed by atoms with E-state index >= 15 is 0 Å². The Bertz CT molecular complexity index is 457. The lowest BCUT2D eigenvalue weighted by atomic mass is 9.86. The number of carbonyl (C=O) groups is 1. The molecule has 0 bridgehead atoms. The molecular formula is C16H22ClNO3. The Morgan fingerprint density at radius 2 is 2.00 bits per heavy atom. The lowest BCUT2D eigenvalue weighted by molar-refractivity contribution is -0.128. The molecule has 0 spiro atoms. The van der Waals surface area contributed by atoms with Gasteiger partial charge in [-0.2, -0.15) is 0 Å². The van der Waals surface area contributed by atoms with E-state index in [9.17, 15) is 9.90 Å². The minimum Gasteiger partial charge on any atom is -0.394 e. The summed E-state index contributed by atoms with van der Waals surface area (Å²) in [7, 11) is 0. The molecular weight excluding hydrogens is 290 g/mol. The van der Waals surface area contributed by atoms with Crippen LogP contribution in [0.15, 0.2) is 24.3 Å². The van der Waals surface area contributed by atoms with Crippen molar-refractivity contribution in [2.45, 2.75) is 25.8 Å². The van der Waals surface area contributed by atoms with E-state index in [1.54, 1.807) is 12.1 Å². The Morgan fingerprint density at radius 1 is 1.38 bits per heavy atom. The molecule has 5 heteroatoms. The van der Waals surface area contributed by atoms with E-state index in [1.807, 2.05) is 19.1 Å². The number of rotatable bonds is 5. The van der Waals surface area contributed by atoms with E-state index in [1.165, 1.54) is 0 Å². The number of aliphatic hydroxyl groups excluding tert-OH is 1. The van der Waals surface area contributed by atoms with Crippen molar-refractivity contribution in [3.63, 3.8) is 0 Å². The van der Waals surface area contributed by atoms with Gasteiger partial charge >= 0.3 is 0 Å². The summed E-state index contributed by atoms with van der Waals surface area (Å²) in [6.07, 6.45) is 1.83. The second-order valence-electron chi connectivity index (χ2n) is 5.53. The number of nitrogens with one attached hydrogen (secondary N) is 1. The van der Waals surface area contributed by atoms with Crippen LogP contribution >= 0.6 is 11.6 Å². The van der Waals surface area contributed by atoms with Gasteiger partial charge in [0.25, 0.3) is 0 Å². The van der Waals surface area contributed by atoms with E-state index < -0.39 is 6.04 Å². The number of aliphatic hydroxyl groups is 1. The molecule has 4 nitrogen and oxygen atoms in total. The third-order valence-corrected chi connectivity index (χ3v) is 4.41. The molecule has 21 heavy (non-hydrogen) atoms. The van der Waals surface area contributed by atoms with Crippen LogP contribution in [-0.4, -0.2) is 30.8 Å². The van der Waals surface area contributed by atoms with E-state index in [2.05, 4.69) is 5.32 Å². The molecule has 1 fully saturated rings. The van der Waals surface area contributed by atoms with Crippen LogP contribution in [0.3, 0.4) is 0 Å². The fourth-order valence-corrected chi connectivity index (χ4v) is 2.79. The number of benzene rings is 1. The molecule has 0 aliphatic carbocycles. The maximum absolute atomic E-state index is 12.4. The smallest absolute Gasteiger partial charge is 0.223 e. The van der Waals surface area contributed by atoms with Crippen molar-refractivity contribution in [3.8, 4) is 0 Å². The first-order chi connectivity index (χ1) is 10.1. The predicted molar refractivity (Wildman–Crippen MR) is 82.1 cm³/mol. The summed E-state index contributed by atoms with van der Waals surface area (Å²) in [6.45, 7) is 3.27. The summed E-state index contributed by atoms with van der Waals surface area (Å²) >= 11 is 5.86. The van der Waals surface area contributed by atoms with Gasteiger partial charge in [0, 0.05) is 24.2 Å². The minimum absolute atomic E-state index is 0.0177. The molecule has 2 N–H and O–H groups in total. The first kappa shape index (κ1) is 16.3. The Balaban J connectivity index is 1.97. The minimum atomic E-state index is -0.392. The number of ether oxygens (including phenoxy) is 1. The van der Waals surface area contributed by atoms with Crippen molar-refractivity contribution in [1.29, 1.82) is 0 Å². The van der Waals surface area contributed by atoms with Crippen molar-refractivity contribution in [3.05, 3.63) is 34.9 Å². The Kier molecular flexibility index (Phi) is 6.03. The predicted octanol–water partition coefficient (Wildman–Crippen LogP) is 2.55. The van der Waals surface area contributed by atoms with Gasteiger partial charge in [0.1, 0.15) is 0 Å². The van der Waals surface area contributed by atoms with Crippen LogP contribution in [0.1, 0.15) is 31.4 Å². The zero-order valence-corrected chi connectivity index (χ0v) is 13.0. The van der Waals surface area contributed by atoms with Crippen molar-refractivity contribution in [2.75, 3.05) is 19.8 Å². The molecule has 1 aromatic rings. The van der Waals surface area contributed by atoms with Gasteiger partial charge in [-0.1, -0.05) is 30.7 Å². The van der Waals surface area contributed by atoms with Gasteiger partial charge in [0.2, 0.25) is 5.91 Å². The van der Waals surface area contributed by atoms with E-state index in [4.69, 9.17) is 16.3 Å². The summed E-state index contributed by atoms with van der Waals surface area (Å²) in [6, 6.07) is 6.77. The molecule has 0 aromatic heterocycles. The van der Waals surface area contributed by atoms with Crippen molar-refractivity contribution in [2.24, 2.45) is 11.8 Å². The number of carbonyl (C=O) groups excluding carboxylic acids is 1. The molecule has 1 heterocycles. The molecule has 1 amide bonds. The summed E-state index contributed by atoms with van der Waals surface area (Å²) in [5, 5.41) is 13.1. The normalized spacial score (nSPS) is 19.0. The summed E-state index contributed by atoms with van der Waals surface area (Å²) in [5.41, 5.74) is 0.856. The summed E-state index contributed by atoms with van der Waals surface area (Å²) < 4.78 is 5.33. The zero-order chi connectivity index (χ0) is 15.2. The number of hydrogen-bond donors (Lipinski definition) is 2. The Labute approximate surface area is 130 Å². The highest BCUT2D eigenvalue weighted by Gasteiger charge is 2.27. The fourth-order valence-electron chi connectivity index (χ4n) is 2.66. The van der Waals surface area contributed by atoms with Gasteiger partial charge < -0.3 is 15.2 Å². The van der Waals surface area contributed by atoms with Crippen LogP contribution in [0.25, 0.3) is 0 Å². The van der Waals surface area contributed by atoms with Crippen LogP contribution in [0.2, 0.25) is 5.02 Å². The molecule has 116 valence electrons. The molecule has 0 radical (unpaired) electrons. The van der Waals surface area contributed by atoms with Gasteiger partial charge in [0.15, 0.2) is 0 Å². The van der Waals surface area contributed by atoms with Gasteiger partial charge in [-0.05, 0) is 36.5 Å². The number of hydrogen-bond acceptors (Lipinski definition) is 3. The maximum atomic E-state index is 12.4. The second kappa shape index (κ2) is 7.78. The quantitative estimate of drug-likeness (QED) is 0.878. The lowest BCUT2D eigenvalue weighted by Crippen LogP contribution is -2.38. The average molecular weight is 312 g/mol. The first-order valence-electron chi connectivity index (χ1n) is 7.36. The first-order valence-corrected chi connectivity index (χ1v) is 7.74. The fraction of sp³-hybridized carbons (Fsp3) is 0.562. The van der Waals surface area contributed by atoms with Crippen molar-refractivity contribution in [1.82, 2.24) is 5.32 Å². The molecule has 2 rings (SSSR count). The number of halogens is 1. The lowest BCUT2D eigenvalue weighted by Gasteiger charge is -2.28. The molecule has 1 saturated heterocycles. The van der Waals surface area contributed by atoms with Crippen LogP contribution in [0.4, 0.5) is 0 Å². The third kappa shape index (κ3) is 4.43. The molecule has 2 unspecified atom stereocenters. The van der Waals surface area contributed by atoms with E-state index in [0.29, 0.717) is 10.9 Å². The van der Waals surface area contributed by atoms with Crippen LogP contribution in [0.5, 0.6) is 0 Å². The van der Waals surface area contributed by atoms with Crippen molar-refractivity contribution >= 4 is 17.5 Å². The largest absolute Gasteiger partial charge is 0.394 e.